The molecule has 1 N–H and O–H groups in total. The molecule has 1 aromatic carbocycles. The van der Waals surface area contributed by atoms with Crippen molar-refractivity contribution in [2.75, 3.05) is 13.1 Å². The molecule has 1 unspecified atom stereocenters. The fourth-order valence-electron chi connectivity index (χ4n) is 1.95. The highest BCUT2D eigenvalue weighted by atomic mass is 32.2. The van der Waals surface area contributed by atoms with E-state index in [9.17, 15) is 16.8 Å². The van der Waals surface area contributed by atoms with Gasteiger partial charge in [-0.25, -0.2) is 21.6 Å². The van der Waals surface area contributed by atoms with Crippen LogP contribution in [0, 0.1) is 5.92 Å². The summed E-state index contributed by atoms with van der Waals surface area (Å²) in [5.41, 5.74) is 0. The molecular formula is C15H26N2O4S2. The maximum Gasteiger partial charge on any atom is 0.243 e. The van der Waals surface area contributed by atoms with Gasteiger partial charge in [-0.05, 0) is 37.1 Å². The predicted octanol–water partition coefficient (Wildman–Crippen LogP) is 2.04. The predicted molar refractivity (Wildman–Crippen MR) is 91.2 cm³/mol. The lowest BCUT2D eigenvalue weighted by atomic mass is 10.1. The number of benzene rings is 1. The highest BCUT2D eigenvalue weighted by molar-refractivity contribution is 7.89. The van der Waals surface area contributed by atoms with Crippen LogP contribution in [0.5, 0.6) is 0 Å². The van der Waals surface area contributed by atoms with Crippen molar-refractivity contribution in [1.29, 1.82) is 0 Å². The second-order valence-electron chi connectivity index (χ2n) is 5.71. The van der Waals surface area contributed by atoms with Gasteiger partial charge < -0.3 is 0 Å². The smallest absolute Gasteiger partial charge is 0.208 e. The van der Waals surface area contributed by atoms with E-state index in [1.165, 1.54) is 28.6 Å². The monoisotopic (exact) mass is 362 g/mol. The van der Waals surface area contributed by atoms with Crippen LogP contribution in [-0.2, 0) is 20.0 Å². The molecule has 0 saturated carbocycles. The number of hydrogen-bond acceptors (Lipinski definition) is 4. The van der Waals surface area contributed by atoms with Crippen LogP contribution in [0.25, 0.3) is 0 Å². The Morgan fingerprint density at radius 1 is 0.913 bits per heavy atom. The van der Waals surface area contributed by atoms with Crippen LogP contribution in [0.4, 0.5) is 0 Å². The van der Waals surface area contributed by atoms with Crippen molar-refractivity contribution in [1.82, 2.24) is 9.03 Å². The lowest BCUT2D eigenvalue weighted by Crippen LogP contribution is -2.36. The van der Waals surface area contributed by atoms with E-state index in [0.717, 1.165) is 0 Å². The summed E-state index contributed by atoms with van der Waals surface area (Å²) in [5.74, 6) is 0.159. The Morgan fingerprint density at radius 2 is 1.35 bits per heavy atom. The Kier molecular flexibility index (Phi) is 6.76. The van der Waals surface area contributed by atoms with E-state index < -0.39 is 20.0 Å². The van der Waals surface area contributed by atoms with Crippen molar-refractivity contribution in [3.8, 4) is 0 Å². The van der Waals surface area contributed by atoms with Crippen molar-refractivity contribution in [3.05, 3.63) is 24.3 Å². The SMILES string of the molecule is CCN(CC)S(=O)(=O)c1ccc(S(=O)(=O)NC(C)C(C)C)cc1. The van der Waals surface area contributed by atoms with Gasteiger partial charge in [0.1, 0.15) is 0 Å². The Labute approximate surface area is 140 Å². The van der Waals surface area contributed by atoms with Gasteiger partial charge in [0.15, 0.2) is 0 Å². The summed E-state index contributed by atoms with van der Waals surface area (Å²) in [5, 5.41) is 0. The molecule has 8 heteroatoms. The van der Waals surface area contributed by atoms with Crippen molar-refractivity contribution >= 4 is 20.0 Å². The second kappa shape index (κ2) is 7.74. The lowest BCUT2D eigenvalue weighted by molar-refractivity contribution is 0.445. The largest absolute Gasteiger partial charge is 0.243 e. The average molecular weight is 363 g/mol. The van der Waals surface area contributed by atoms with Crippen LogP contribution in [0.2, 0.25) is 0 Å². The summed E-state index contributed by atoms with van der Waals surface area (Å²) in [4.78, 5) is 0.153. The fraction of sp³-hybridized carbons (Fsp3) is 0.600. The normalized spacial score (nSPS) is 14.4. The highest BCUT2D eigenvalue weighted by Crippen LogP contribution is 2.19. The summed E-state index contributed by atoms with van der Waals surface area (Å²) in [6, 6.07) is 5.11. The molecule has 132 valence electrons. The van der Waals surface area contributed by atoms with Gasteiger partial charge in [-0.3, -0.25) is 0 Å². The summed E-state index contributed by atoms with van der Waals surface area (Å²) in [7, 11) is -7.24. The van der Waals surface area contributed by atoms with E-state index in [-0.39, 0.29) is 21.8 Å². The molecule has 0 spiro atoms. The summed E-state index contributed by atoms with van der Waals surface area (Å²) >= 11 is 0. The van der Waals surface area contributed by atoms with Crippen LogP contribution in [0.1, 0.15) is 34.6 Å². The van der Waals surface area contributed by atoms with Crippen LogP contribution in [0.15, 0.2) is 34.1 Å². The number of hydrogen-bond donors (Lipinski definition) is 1. The zero-order valence-corrected chi connectivity index (χ0v) is 15.9. The summed E-state index contributed by atoms with van der Waals surface area (Å²) in [6.45, 7) is 9.90. The molecule has 0 saturated heterocycles. The van der Waals surface area contributed by atoms with Gasteiger partial charge in [-0.2, -0.15) is 4.31 Å². The van der Waals surface area contributed by atoms with Gasteiger partial charge in [-0.1, -0.05) is 27.7 Å². The zero-order chi connectivity index (χ0) is 17.8. The zero-order valence-electron chi connectivity index (χ0n) is 14.3. The molecule has 0 aliphatic rings. The molecule has 0 fully saturated rings. The molecular weight excluding hydrogens is 336 g/mol. The Balaban J connectivity index is 3.10. The fourth-order valence-corrected chi connectivity index (χ4v) is 4.80. The summed E-state index contributed by atoms with van der Waals surface area (Å²) < 4.78 is 53.2. The van der Waals surface area contributed by atoms with Crippen LogP contribution >= 0.6 is 0 Å². The maximum absolute atomic E-state index is 12.4. The molecule has 1 rings (SSSR count). The second-order valence-corrected chi connectivity index (χ2v) is 9.37. The topological polar surface area (TPSA) is 83.6 Å². The number of nitrogens with zero attached hydrogens (tertiary/aromatic N) is 1. The molecule has 0 aromatic heterocycles. The molecule has 0 amide bonds. The molecule has 0 heterocycles. The van der Waals surface area contributed by atoms with Crippen molar-refractivity contribution in [2.24, 2.45) is 5.92 Å². The van der Waals surface area contributed by atoms with Crippen LogP contribution < -0.4 is 4.72 Å². The van der Waals surface area contributed by atoms with Gasteiger partial charge in [-0.15, -0.1) is 0 Å². The summed E-state index contributed by atoms with van der Waals surface area (Å²) in [6.07, 6.45) is 0. The van der Waals surface area contributed by atoms with E-state index >= 15 is 0 Å². The molecule has 0 aliphatic heterocycles. The minimum absolute atomic E-state index is 0.0588. The van der Waals surface area contributed by atoms with E-state index in [1.54, 1.807) is 20.8 Å². The van der Waals surface area contributed by atoms with Crippen molar-refractivity contribution in [2.45, 2.75) is 50.5 Å². The molecule has 1 aromatic rings. The average Bonchev–Trinajstić information content (AvgIpc) is 2.47. The van der Waals surface area contributed by atoms with Crippen molar-refractivity contribution in [3.63, 3.8) is 0 Å². The minimum atomic E-state index is -3.66. The van der Waals surface area contributed by atoms with Gasteiger partial charge >= 0.3 is 0 Å². The van der Waals surface area contributed by atoms with E-state index in [2.05, 4.69) is 4.72 Å². The van der Waals surface area contributed by atoms with Gasteiger partial charge in [0, 0.05) is 19.1 Å². The quantitative estimate of drug-likeness (QED) is 0.767. The Hall–Kier alpha value is -0.960. The van der Waals surface area contributed by atoms with Crippen molar-refractivity contribution < 1.29 is 16.8 Å². The first-order valence-electron chi connectivity index (χ1n) is 7.68. The Bertz CT molecular complexity index is 706. The number of rotatable bonds is 8. The molecule has 6 nitrogen and oxygen atoms in total. The number of nitrogens with one attached hydrogen (secondary N) is 1. The van der Waals surface area contributed by atoms with Gasteiger partial charge in [0.05, 0.1) is 9.79 Å². The molecule has 0 aliphatic carbocycles. The first kappa shape index (κ1) is 20.1. The van der Waals surface area contributed by atoms with Crippen LogP contribution in [0.3, 0.4) is 0 Å². The molecule has 0 radical (unpaired) electrons. The first-order chi connectivity index (χ1) is 10.6. The highest BCUT2D eigenvalue weighted by Gasteiger charge is 2.23. The standard InChI is InChI=1S/C15H26N2O4S2/c1-6-17(7-2)23(20,21)15-10-8-14(9-11-15)22(18,19)16-13(5)12(3)4/h8-13,16H,6-7H2,1-5H3. The third kappa shape index (κ3) is 4.76. The van der Waals surface area contributed by atoms with Gasteiger partial charge in [0.25, 0.3) is 0 Å². The maximum atomic E-state index is 12.4. The van der Waals surface area contributed by atoms with Crippen LogP contribution in [-0.4, -0.2) is 40.3 Å². The first-order valence-corrected chi connectivity index (χ1v) is 10.6. The van der Waals surface area contributed by atoms with E-state index in [0.29, 0.717) is 13.1 Å². The number of sulfonamides is 2. The lowest BCUT2D eigenvalue weighted by Gasteiger charge is -2.19. The molecule has 0 bridgehead atoms. The van der Waals surface area contributed by atoms with Gasteiger partial charge in [0.2, 0.25) is 20.0 Å². The minimum Gasteiger partial charge on any atom is -0.208 e. The Morgan fingerprint density at radius 3 is 1.74 bits per heavy atom. The third-order valence-corrected chi connectivity index (χ3v) is 7.46. The van der Waals surface area contributed by atoms with E-state index in [1.807, 2.05) is 13.8 Å². The molecule has 1 atom stereocenters. The molecule has 23 heavy (non-hydrogen) atoms. The third-order valence-electron chi connectivity index (χ3n) is 3.82. The van der Waals surface area contributed by atoms with E-state index in [4.69, 9.17) is 0 Å².